The van der Waals surface area contributed by atoms with E-state index in [1.165, 1.54) is 0 Å². The summed E-state index contributed by atoms with van der Waals surface area (Å²) in [6.45, 7) is 8.98. The molecule has 3 nitrogen and oxygen atoms in total. The van der Waals surface area contributed by atoms with Crippen LogP contribution in [0.4, 0.5) is 0 Å². The lowest BCUT2D eigenvalue weighted by molar-refractivity contribution is 0.338. The minimum atomic E-state index is -0.444. The zero-order valence-electron chi connectivity index (χ0n) is 7.88. The lowest BCUT2D eigenvalue weighted by Crippen LogP contribution is -2.18. The molecule has 0 bridgehead atoms. The zero-order valence-corrected chi connectivity index (χ0v) is 7.88. The second-order valence-electron chi connectivity index (χ2n) is 3.04. The van der Waals surface area contributed by atoms with Gasteiger partial charge in [0.1, 0.15) is 0 Å². The van der Waals surface area contributed by atoms with E-state index in [0.717, 1.165) is 6.42 Å². The Kier molecular flexibility index (Phi) is 5.33. The molecule has 13 heavy (non-hydrogen) atoms. The molecule has 0 amide bonds. The number of nitrogens with zero attached hydrogens (tertiary/aromatic N) is 3. The maximum atomic E-state index is 8.97. The van der Waals surface area contributed by atoms with Crippen LogP contribution in [0, 0.1) is 34.6 Å². The van der Waals surface area contributed by atoms with Crippen LogP contribution in [-0.4, -0.2) is 6.54 Å². The van der Waals surface area contributed by atoms with Gasteiger partial charge in [-0.25, -0.2) is 6.57 Å². The molecule has 0 saturated carbocycles. The first-order chi connectivity index (χ1) is 6.24. The monoisotopic (exact) mass is 175 g/mol. The van der Waals surface area contributed by atoms with E-state index >= 15 is 0 Å². The minimum absolute atomic E-state index is 0.382. The first-order valence-electron chi connectivity index (χ1n) is 4.36. The van der Waals surface area contributed by atoms with Crippen molar-refractivity contribution in [2.45, 2.75) is 32.6 Å². The fraction of sp³-hybridized carbons (Fsp3) is 0.700. The normalized spacial score (nSPS) is 13.4. The smallest absolute Gasteiger partial charge is 0.216 e. The van der Waals surface area contributed by atoms with Crippen molar-refractivity contribution in [1.29, 1.82) is 10.5 Å². The van der Waals surface area contributed by atoms with Crippen molar-refractivity contribution in [1.82, 2.24) is 0 Å². The van der Waals surface area contributed by atoms with Gasteiger partial charge in [0, 0.05) is 12.8 Å². The molecule has 0 rings (SSSR count). The maximum Gasteiger partial charge on any atom is 0.216 e. The van der Waals surface area contributed by atoms with E-state index in [1.54, 1.807) is 0 Å². The van der Waals surface area contributed by atoms with Crippen molar-refractivity contribution < 1.29 is 0 Å². The molecule has 3 heteroatoms. The maximum absolute atomic E-state index is 8.97. The Morgan fingerprint density at radius 2 is 2.08 bits per heavy atom. The summed E-state index contributed by atoms with van der Waals surface area (Å²) in [5.41, 5.74) is -0.444. The molecule has 0 aromatic rings. The van der Waals surface area contributed by atoms with E-state index in [0.29, 0.717) is 25.8 Å². The Hall–Kier alpha value is -1.53. The Morgan fingerprint density at radius 3 is 2.46 bits per heavy atom. The quantitative estimate of drug-likeness (QED) is 0.603. The molecule has 0 aromatic carbocycles. The molecule has 1 unspecified atom stereocenters. The van der Waals surface area contributed by atoms with Crippen molar-refractivity contribution in [2.24, 2.45) is 5.41 Å². The highest BCUT2D eigenvalue weighted by molar-refractivity contribution is 5.00. The van der Waals surface area contributed by atoms with Crippen molar-refractivity contribution in [2.75, 3.05) is 6.54 Å². The van der Waals surface area contributed by atoms with Gasteiger partial charge in [-0.2, -0.15) is 10.5 Å². The summed E-state index contributed by atoms with van der Waals surface area (Å²) in [6, 6.07) is 4.28. The van der Waals surface area contributed by atoms with Gasteiger partial charge in [0.05, 0.1) is 17.6 Å². The molecule has 0 spiro atoms. The average Bonchev–Trinajstić information content (AvgIpc) is 2.20. The van der Waals surface area contributed by atoms with E-state index in [9.17, 15) is 0 Å². The molecule has 0 aliphatic rings. The van der Waals surface area contributed by atoms with Gasteiger partial charge in [0.25, 0.3) is 0 Å². The van der Waals surface area contributed by atoms with Gasteiger partial charge in [-0.05, 0) is 12.8 Å². The van der Waals surface area contributed by atoms with Crippen LogP contribution in [0.5, 0.6) is 0 Å². The number of hydrogen-bond acceptors (Lipinski definition) is 2. The van der Waals surface area contributed by atoms with Gasteiger partial charge in [-0.3, -0.25) is 0 Å². The highest BCUT2D eigenvalue weighted by atomic mass is 14.6. The Bertz CT molecular complexity index is 243. The topological polar surface area (TPSA) is 51.9 Å². The predicted octanol–water partition coefficient (Wildman–Crippen LogP) is 2.52. The lowest BCUT2D eigenvalue weighted by Gasteiger charge is -2.20. The molecule has 68 valence electrons. The van der Waals surface area contributed by atoms with Crippen LogP contribution in [0.15, 0.2) is 0 Å². The number of nitriles is 2. The van der Waals surface area contributed by atoms with E-state index in [1.807, 2.05) is 13.0 Å². The van der Waals surface area contributed by atoms with Gasteiger partial charge in [-0.1, -0.05) is 6.92 Å². The summed E-state index contributed by atoms with van der Waals surface area (Å²) in [5.74, 6) is 0. The highest BCUT2D eigenvalue weighted by Crippen LogP contribution is 2.31. The Morgan fingerprint density at radius 1 is 1.38 bits per heavy atom. The molecule has 1 atom stereocenters. The van der Waals surface area contributed by atoms with Gasteiger partial charge >= 0.3 is 0 Å². The Labute approximate surface area is 79.4 Å². The summed E-state index contributed by atoms with van der Waals surface area (Å²) in [4.78, 5) is 3.24. The highest BCUT2D eigenvalue weighted by Gasteiger charge is 2.28. The standard InChI is InChI=1S/C10H13N3/c1-3-10(9-12,5-4-7-11)6-8-13-2/h3-6,8H2,1H3. The van der Waals surface area contributed by atoms with E-state index in [2.05, 4.69) is 10.9 Å². The minimum Gasteiger partial charge on any atom is -0.317 e. The first kappa shape index (κ1) is 11.5. The molecule has 0 aliphatic heterocycles. The molecular formula is C10H13N3. The summed E-state index contributed by atoms with van der Waals surface area (Å²) < 4.78 is 0. The predicted molar refractivity (Wildman–Crippen MR) is 49.3 cm³/mol. The van der Waals surface area contributed by atoms with E-state index < -0.39 is 5.41 Å². The van der Waals surface area contributed by atoms with Crippen molar-refractivity contribution >= 4 is 0 Å². The van der Waals surface area contributed by atoms with Crippen molar-refractivity contribution in [3.8, 4) is 12.1 Å². The summed E-state index contributed by atoms with van der Waals surface area (Å²) >= 11 is 0. The fourth-order valence-corrected chi connectivity index (χ4v) is 1.23. The van der Waals surface area contributed by atoms with Gasteiger partial charge in [0.15, 0.2) is 0 Å². The van der Waals surface area contributed by atoms with Gasteiger partial charge < -0.3 is 4.85 Å². The third-order valence-corrected chi connectivity index (χ3v) is 2.33. The molecule has 0 radical (unpaired) electrons. The molecule has 0 saturated heterocycles. The molecule has 0 fully saturated rings. The van der Waals surface area contributed by atoms with Crippen LogP contribution in [0.1, 0.15) is 32.6 Å². The number of hydrogen-bond donors (Lipinski definition) is 0. The zero-order chi connectivity index (χ0) is 10.2. The fourth-order valence-electron chi connectivity index (χ4n) is 1.23. The van der Waals surface area contributed by atoms with E-state index in [-0.39, 0.29) is 0 Å². The van der Waals surface area contributed by atoms with Crippen LogP contribution < -0.4 is 0 Å². The van der Waals surface area contributed by atoms with Crippen LogP contribution in [0.2, 0.25) is 0 Å². The van der Waals surface area contributed by atoms with Gasteiger partial charge in [0.2, 0.25) is 6.54 Å². The molecule has 0 aliphatic carbocycles. The molecule has 0 heterocycles. The van der Waals surface area contributed by atoms with Crippen LogP contribution in [0.3, 0.4) is 0 Å². The Balaban J connectivity index is 4.27. The molecular weight excluding hydrogens is 162 g/mol. The van der Waals surface area contributed by atoms with Crippen LogP contribution >= 0.6 is 0 Å². The lowest BCUT2D eigenvalue weighted by atomic mass is 9.79. The summed E-state index contributed by atoms with van der Waals surface area (Å²) in [6.07, 6.45) is 2.30. The molecule has 0 aromatic heterocycles. The SMILES string of the molecule is [C-]#[N+]CCC(C#N)(CC)CCC#N. The second kappa shape index (κ2) is 6.04. The van der Waals surface area contributed by atoms with Crippen LogP contribution in [0.25, 0.3) is 4.85 Å². The van der Waals surface area contributed by atoms with Crippen molar-refractivity contribution in [3.63, 3.8) is 0 Å². The van der Waals surface area contributed by atoms with Crippen molar-refractivity contribution in [3.05, 3.63) is 11.4 Å². The summed E-state index contributed by atoms with van der Waals surface area (Å²) in [7, 11) is 0. The third-order valence-electron chi connectivity index (χ3n) is 2.33. The van der Waals surface area contributed by atoms with Crippen LogP contribution in [-0.2, 0) is 0 Å². The largest absolute Gasteiger partial charge is 0.317 e. The molecule has 0 N–H and O–H groups in total. The average molecular weight is 175 g/mol. The van der Waals surface area contributed by atoms with E-state index in [4.69, 9.17) is 17.1 Å². The second-order valence-corrected chi connectivity index (χ2v) is 3.04. The first-order valence-corrected chi connectivity index (χ1v) is 4.36. The third kappa shape index (κ3) is 3.59. The van der Waals surface area contributed by atoms with Gasteiger partial charge in [-0.15, -0.1) is 0 Å². The number of rotatable bonds is 5. The summed E-state index contributed by atoms with van der Waals surface area (Å²) in [5, 5.41) is 17.4.